The van der Waals surface area contributed by atoms with Crippen LogP contribution in [0.25, 0.3) is 0 Å². The van der Waals surface area contributed by atoms with E-state index in [-0.39, 0.29) is 5.41 Å². The number of carbonyl (C=O) groups is 2. The van der Waals surface area contributed by atoms with Gasteiger partial charge in [0, 0.05) is 56.1 Å². The number of piperidine rings is 1. The topological polar surface area (TPSA) is 64.1 Å². The minimum atomic E-state index is -0.769. The molecule has 24 heavy (non-hydrogen) atoms. The van der Waals surface area contributed by atoms with Gasteiger partial charge in [-0.1, -0.05) is 0 Å². The van der Waals surface area contributed by atoms with E-state index in [9.17, 15) is 9.59 Å². The highest BCUT2D eigenvalue weighted by molar-refractivity contribution is 5.79. The molecule has 0 aromatic carbocycles. The molecule has 0 bridgehead atoms. The normalized spacial score (nSPS) is 34.1. The van der Waals surface area contributed by atoms with Gasteiger partial charge in [-0.25, -0.2) is 4.79 Å². The molecule has 0 aromatic heterocycles. The lowest BCUT2D eigenvalue weighted by molar-refractivity contribution is -0.132. The van der Waals surface area contributed by atoms with Crippen LogP contribution in [0, 0.1) is 5.41 Å². The Morgan fingerprint density at radius 3 is 2.42 bits per heavy atom. The Labute approximate surface area is 143 Å². The molecule has 4 aliphatic rings. The van der Waals surface area contributed by atoms with Gasteiger partial charge >= 0.3 is 6.09 Å². The minimum Gasteiger partial charge on any atom is -0.465 e. The molecule has 4 rings (SSSR count). The number of carboxylic acid groups (broad SMARTS) is 1. The molecule has 6 heteroatoms. The number of nitrogens with zero attached hydrogens (tertiary/aromatic N) is 3. The van der Waals surface area contributed by atoms with Crippen molar-refractivity contribution in [3.05, 3.63) is 0 Å². The molecular weight excluding hydrogens is 306 g/mol. The third-order valence-corrected chi connectivity index (χ3v) is 6.95. The zero-order valence-corrected chi connectivity index (χ0v) is 14.6. The van der Waals surface area contributed by atoms with Crippen LogP contribution in [-0.4, -0.2) is 76.1 Å². The maximum atomic E-state index is 12.1. The van der Waals surface area contributed by atoms with E-state index in [1.165, 1.54) is 12.8 Å². The Hall–Kier alpha value is -1.30. The summed E-state index contributed by atoms with van der Waals surface area (Å²) in [5.74, 6) is 0.351. The first kappa shape index (κ1) is 16.2. The van der Waals surface area contributed by atoms with E-state index in [1.54, 1.807) is 4.90 Å². The van der Waals surface area contributed by atoms with Crippen LogP contribution in [0.2, 0.25) is 0 Å². The van der Waals surface area contributed by atoms with Crippen molar-refractivity contribution in [1.82, 2.24) is 14.7 Å². The summed E-state index contributed by atoms with van der Waals surface area (Å²) in [6, 6.07) is 1.47. The van der Waals surface area contributed by atoms with Gasteiger partial charge < -0.3 is 19.8 Å². The van der Waals surface area contributed by atoms with Crippen LogP contribution < -0.4 is 0 Å². The summed E-state index contributed by atoms with van der Waals surface area (Å²) in [4.78, 5) is 29.4. The molecule has 3 heterocycles. The van der Waals surface area contributed by atoms with E-state index in [4.69, 9.17) is 5.11 Å². The van der Waals surface area contributed by atoms with Crippen LogP contribution in [0.15, 0.2) is 0 Å². The first-order valence-corrected chi connectivity index (χ1v) is 9.50. The number of carbonyl (C=O) groups excluding carboxylic acids is 1. The Morgan fingerprint density at radius 1 is 1.12 bits per heavy atom. The maximum Gasteiger partial charge on any atom is 0.407 e. The standard InChI is InChI=1S/C18H29N3O3/c1-13-2-3-16(22)21(13)14-5-8-19(9-6-14)15-4-7-18(10-15)11-20(12-18)17(23)24/h13-15H,2-12H2,1H3,(H,23,24)/t13-,15?/m0/s1. The molecule has 1 aliphatic carbocycles. The summed E-state index contributed by atoms with van der Waals surface area (Å²) in [5, 5.41) is 9.05. The summed E-state index contributed by atoms with van der Waals surface area (Å²) in [7, 11) is 0. The van der Waals surface area contributed by atoms with Crippen LogP contribution in [-0.2, 0) is 4.79 Å². The highest BCUT2D eigenvalue weighted by atomic mass is 16.4. The second-order valence-electron chi connectivity index (χ2n) is 8.49. The van der Waals surface area contributed by atoms with Crippen molar-refractivity contribution in [3.63, 3.8) is 0 Å². The fourth-order valence-electron chi connectivity index (χ4n) is 5.61. The SMILES string of the molecule is C[C@H]1CCC(=O)N1C1CCN(C2CCC3(C2)CN(C(=O)O)C3)CC1. The molecule has 3 saturated heterocycles. The Balaban J connectivity index is 1.28. The van der Waals surface area contributed by atoms with Gasteiger partial charge in [0.15, 0.2) is 0 Å². The van der Waals surface area contributed by atoms with Gasteiger partial charge in [0.25, 0.3) is 0 Å². The van der Waals surface area contributed by atoms with Gasteiger partial charge in [0.2, 0.25) is 5.91 Å². The first-order chi connectivity index (χ1) is 11.5. The van der Waals surface area contributed by atoms with E-state index >= 15 is 0 Å². The van der Waals surface area contributed by atoms with Gasteiger partial charge in [-0.15, -0.1) is 0 Å². The van der Waals surface area contributed by atoms with Crippen LogP contribution in [0.3, 0.4) is 0 Å². The molecule has 1 unspecified atom stereocenters. The molecule has 1 saturated carbocycles. The second-order valence-corrected chi connectivity index (χ2v) is 8.49. The number of likely N-dealkylation sites (tertiary alicyclic amines) is 3. The molecular formula is C18H29N3O3. The number of hydrogen-bond donors (Lipinski definition) is 1. The van der Waals surface area contributed by atoms with Gasteiger partial charge in [0.1, 0.15) is 0 Å². The van der Waals surface area contributed by atoms with Crippen molar-refractivity contribution >= 4 is 12.0 Å². The molecule has 0 aromatic rings. The van der Waals surface area contributed by atoms with Crippen LogP contribution in [0.1, 0.15) is 51.9 Å². The Bertz CT molecular complexity index is 524. The summed E-state index contributed by atoms with van der Waals surface area (Å²) < 4.78 is 0. The first-order valence-electron chi connectivity index (χ1n) is 9.50. The molecule has 0 radical (unpaired) electrons. The number of hydrogen-bond acceptors (Lipinski definition) is 3. The number of rotatable bonds is 2. The predicted molar refractivity (Wildman–Crippen MR) is 89.8 cm³/mol. The fourth-order valence-corrected chi connectivity index (χ4v) is 5.61. The van der Waals surface area contributed by atoms with E-state index in [0.717, 1.165) is 58.3 Å². The van der Waals surface area contributed by atoms with Crippen LogP contribution in [0.4, 0.5) is 4.79 Å². The molecule has 6 nitrogen and oxygen atoms in total. The van der Waals surface area contributed by atoms with Crippen molar-refractivity contribution in [2.24, 2.45) is 5.41 Å². The van der Waals surface area contributed by atoms with Crippen LogP contribution in [0.5, 0.6) is 0 Å². The molecule has 1 spiro atoms. The zero-order valence-electron chi connectivity index (χ0n) is 14.6. The summed E-state index contributed by atoms with van der Waals surface area (Å²) >= 11 is 0. The average molecular weight is 335 g/mol. The zero-order chi connectivity index (χ0) is 16.9. The van der Waals surface area contributed by atoms with Gasteiger partial charge in [-0.05, 0) is 45.4 Å². The van der Waals surface area contributed by atoms with E-state index in [1.807, 2.05) is 0 Å². The molecule has 1 N–H and O–H groups in total. The van der Waals surface area contributed by atoms with Crippen molar-refractivity contribution in [2.75, 3.05) is 26.2 Å². The molecule has 2 atom stereocenters. The third-order valence-electron chi connectivity index (χ3n) is 6.95. The van der Waals surface area contributed by atoms with Gasteiger partial charge in [0.05, 0.1) is 0 Å². The highest BCUT2D eigenvalue weighted by Crippen LogP contribution is 2.47. The van der Waals surface area contributed by atoms with Crippen molar-refractivity contribution in [1.29, 1.82) is 0 Å². The summed E-state index contributed by atoms with van der Waals surface area (Å²) in [6.45, 7) is 5.82. The summed E-state index contributed by atoms with van der Waals surface area (Å²) in [5.41, 5.74) is 0.263. The molecule has 3 aliphatic heterocycles. The van der Waals surface area contributed by atoms with Gasteiger partial charge in [-0.2, -0.15) is 0 Å². The predicted octanol–water partition coefficient (Wildman–Crippen LogP) is 1.99. The third kappa shape index (κ3) is 2.68. The highest BCUT2D eigenvalue weighted by Gasteiger charge is 2.51. The average Bonchev–Trinajstić information content (AvgIpc) is 3.10. The fraction of sp³-hybridized carbons (Fsp3) is 0.889. The second kappa shape index (κ2) is 5.90. The minimum absolute atomic E-state index is 0.263. The lowest BCUT2D eigenvalue weighted by Gasteiger charge is -2.47. The lowest BCUT2D eigenvalue weighted by Crippen LogP contribution is -2.57. The van der Waals surface area contributed by atoms with Gasteiger partial charge in [-0.3, -0.25) is 4.79 Å². The molecule has 4 fully saturated rings. The van der Waals surface area contributed by atoms with E-state index in [0.29, 0.717) is 24.0 Å². The maximum absolute atomic E-state index is 12.1. The lowest BCUT2D eigenvalue weighted by atomic mass is 9.78. The molecule has 134 valence electrons. The quantitative estimate of drug-likeness (QED) is 0.838. The monoisotopic (exact) mass is 335 g/mol. The van der Waals surface area contributed by atoms with Crippen LogP contribution >= 0.6 is 0 Å². The van der Waals surface area contributed by atoms with E-state index in [2.05, 4.69) is 16.7 Å². The van der Waals surface area contributed by atoms with Crippen molar-refractivity contribution in [3.8, 4) is 0 Å². The largest absolute Gasteiger partial charge is 0.465 e. The Kier molecular flexibility index (Phi) is 3.98. The van der Waals surface area contributed by atoms with Crippen molar-refractivity contribution in [2.45, 2.75) is 70.0 Å². The smallest absolute Gasteiger partial charge is 0.407 e. The van der Waals surface area contributed by atoms with Crippen molar-refractivity contribution < 1.29 is 14.7 Å². The molecule has 2 amide bonds. The van der Waals surface area contributed by atoms with E-state index < -0.39 is 6.09 Å². The number of amides is 2. The Morgan fingerprint density at radius 2 is 1.83 bits per heavy atom. The summed E-state index contributed by atoms with van der Waals surface area (Å²) in [6.07, 6.45) is 6.70.